The first kappa shape index (κ1) is 16.1. The summed E-state index contributed by atoms with van der Waals surface area (Å²) in [6.45, 7) is 4.15. The van der Waals surface area contributed by atoms with Crippen LogP contribution >= 0.6 is 11.8 Å². The van der Waals surface area contributed by atoms with Gasteiger partial charge in [-0.25, -0.2) is 0 Å². The van der Waals surface area contributed by atoms with Crippen molar-refractivity contribution in [3.05, 3.63) is 0 Å². The lowest BCUT2D eigenvalue weighted by molar-refractivity contribution is -0.123. The van der Waals surface area contributed by atoms with Crippen molar-refractivity contribution in [3.8, 4) is 0 Å². The normalized spacial score (nSPS) is 29.1. The molecule has 0 bridgehead atoms. The summed E-state index contributed by atoms with van der Waals surface area (Å²) in [5.41, 5.74) is 0.0768. The zero-order valence-corrected chi connectivity index (χ0v) is 13.8. The van der Waals surface area contributed by atoms with Crippen molar-refractivity contribution in [1.29, 1.82) is 0 Å². The van der Waals surface area contributed by atoms with Crippen LogP contribution in [0.1, 0.15) is 32.1 Å². The maximum absolute atomic E-state index is 12.3. The number of thioether (sulfide) groups is 1. The summed E-state index contributed by atoms with van der Waals surface area (Å²) < 4.78 is 5.47. The molecule has 2 heterocycles. The lowest BCUT2D eigenvalue weighted by atomic mass is 9.79. The second kappa shape index (κ2) is 7.19. The molecule has 0 radical (unpaired) electrons. The first-order valence-electron chi connectivity index (χ1n) is 8.23. The first-order valence-corrected chi connectivity index (χ1v) is 9.22. The van der Waals surface area contributed by atoms with Crippen LogP contribution in [0.25, 0.3) is 0 Å². The van der Waals surface area contributed by atoms with Crippen LogP contribution in [0.3, 0.4) is 0 Å². The van der Waals surface area contributed by atoms with E-state index in [1.54, 1.807) is 0 Å². The molecule has 1 atom stereocenters. The molecule has 0 aromatic rings. The summed E-state index contributed by atoms with van der Waals surface area (Å²) in [5, 5.41) is 5.72. The van der Waals surface area contributed by atoms with Crippen LogP contribution in [0.15, 0.2) is 0 Å². The molecule has 0 aromatic heterocycles. The molecule has 2 aliphatic heterocycles. The number of carbonyl (C=O) groups excluding carboxylic acids is 2. The monoisotopic (exact) mass is 327 g/mol. The third-order valence-corrected chi connectivity index (χ3v) is 5.93. The average Bonchev–Trinajstić information content (AvgIpc) is 3.01. The Morgan fingerprint density at radius 2 is 2.05 bits per heavy atom. The summed E-state index contributed by atoms with van der Waals surface area (Å²) in [5.74, 6) is 0.492. The van der Waals surface area contributed by atoms with Crippen molar-refractivity contribution >= 4 is 22.9 Å². The molecule has 3 aliphatic rings. The number of nitrogens with zero attached hydrogens (tertiary/aromatic N) is 1. The fourth-order valence-corrected chi connectivity index (χ4v) is 4.53. The zero-order chi connectivity index (χ0) is 15.4. The molecule has 3 rings (SSSR count). The van der Waals surface area contributed by atoms with Gasteiger partial charge in [0, 0.05) is 30.9 Å². The van der Waals surface area contributed by atoms with Crippen LogP contribution in [0.2, 0.25) is 0 Å². The van der Waals surface area contributed by atoms with Crippen LogP contribution in [0.4, 0.5) is 4.79 Å². The van der Waals surface area contributed by atoms with E-state index in [0.717, 1.165) is 39.1 Å². The average molecular weight is 327 g/mol. The zero-order valence-electron chi connectivity index (χ0n) is 12.9. The maximum Gasteiger partial charge on any atom is 0.279 e. The quantitative estimate of drug-likeness (QED) is 0.805. The van der Waals surface area contributed by atoms with Gasteiger partial charge in [-0.2, -0.15) is 0 Å². The van der Waals surface area contributed by atoms with Gasteiger partial charge in [0.05, 0.1) is 13.2 Å². The van der Waals surface area contributed by atoms with E-state index in [4.69, 9.17) is 4.74 Å². The first-order chi connectivity index (χ1) is 10.7. The van der Waals surface area contributed by atoms with E-state index in [1.807, 2.05) is 0 Å². The number of hydrogen-bond acceptors (Lipinski definition) is 5. The number of morpholine rings is 1. The Labute approximate surface area is 135 Å². The third kappa shape index (κ3) is 3.58. The molecule has 0 unspecified atom stereocenters. The largest absolute Gasteiger partial charge is 0.379 e. The van der Waals surface area contributed by atoms with Crippen LogP contribution in [0, 0.1) is 0 Å². The predicted molar refractivity (Wildman–Crippen MR) is 86.0 cm³/mol. The Balaban J connectivity index is 1.60. The maximum atomic E-state index is 12.3. The van der Waals surface area contributed by atoms with Crippen molar-refractivity contribution in [2.24, 2.45) is 0 Å². The molecule has 0 aromatic carbocycles. The summed E-state index contributed by atoms with van der Waals surface area (Å²) in [7, 11) is 0. The molecule has 124 valence electrons. The lowest BCUT2D eigenvalue weighted by Gasteiger charge is -2.48. The Kier molecular flexibility index (Phi) is 5.25. The van der Waals surface area contributed by atoms with Gasteiger partial charge in [0.1, 0.15) is 6.04 Å². The molecule has 1 aliphatic carbocycles. The number of nitrogens with one attached hydrogen (secondary N) is 2. The number of hydrogen-bond donors (Lipinski definition) is 2. The summed E-state index contributed by atoms with van der Waals surface area (Å²) in [4.78, 5) is 26.0. The minimum absolute atomic E-state index is 0.0449. The van der Waals surface area contributed by atoms with E-state index < -0.39 is 0 Å². The van der Waals surface area contributed by atoms with Crippen molar-refractivity contribution in [1.82, 2.24) is 15.5 Å². The molecular formula is C15H25N3O3S. The van der Waals surface area contributed by atoms with E-state index in [0.29, 0.717) is 12.3 Å². The summed E-state index contributed by atoms with van der Waals surface area (Å²) in [6, 6.07) is -0.372. The molecule has 22 heavy (non-hydrogen) atoms. The Morgan fingerprint density at radius 3 is 2.68 bits per heavy atom. The van der Waals surface area contributed by atoms with Crippen LogP contribution < -0.4 is 10.6 Å². The second-order valence-corrected chi connectivity index (χ2v) is 7.39. The third-order valence-electron chi connectivity index (χ3n) is 5.05. The van der Waals surface area contributed by atoms with E-state index in [9.17, 15) is 9.59 Å². The van der Waals surface area contributed by atoms with Crippen molar-refractivity contribution in [2.45, 2.75) is 43.7 Å². The molecule has 6 nitrogen and oxygen atoms in total. The van der Waals surface area contributed by atoms with Gasteiger partial charge in [0.25, 0.3) is 5.24 Å². The van der Waals surface area contributed by atoms with Crippen LogP contribution in [0.5, 0.6) is 0 Å². The highest BCUT2D eigenvalue weighted by Crippen LogP contribution is 2.34. The van der Waals surface area contributed by atoms with Gasteiger partial charge in [0.15, 0.2) is 0 Å². The van der Waals surface area contributed by atoms with Crippen molar-refractivity contribution < 1.29 is 14.3 Å². The summed E-state index contributed by atoms with van der Waals surface area (Å²) in [6.07, 6.45) is 6.01. The Hall–Kier alpha value is -0.790. The molecule has 2 saturated heterocycles. The van der Waals surface area contributed by atoms with E-state index in [-0.39, 0.29) is 22.7 Å². The van der Waals surface area contributed by atoms with Crippen LogP contribution in [-0.2, 0) is 9.53 Å². The smallest absolute Gasteiger partial charge is 0.279 e. The number of rotatable bonds is 4. The van der Waals surface area contributed by atoms with Gasteiger partial charge < -0.3 is 15.4 Å². The Morgan fingerprint density at radius 1 is 1.32 bits per heavy atom. The van der Waals surface area contributed by atoms with Gasteiger partial charge in [-0.15, -0.1) is 0 Å². The van der Waals surface area contributed by atoms with Crippen LogP contribution in [-0.4, -0.2) is 66.2 Å². The molecule has 7 heteroatoms. The highest BCUT2D eigenvalue weighted by atomic mass is 32.2. The molecular weight excluding hydrogens is 302 g/mol. The molecule has 2 amide bonds. The van der Waals surface area contributed by atoms with Crippen molar-refractivity contribution in [3.63, 3.8) is 0 Å². The van der Waals surface area contributed by atoms with Crippen molar-refractivity contribution in [2.75, 3.05) is 38.6 Å². The molecule has 1 saturated carbocycles. The van der Waals surface area contributed by atoms with Gasteiger partial charge in [0.2, 0.25) is 5.91 Å². The molecule has 2 N–H and O–H groups in total. The minimum atomic E-state index is -0.372. The van der Waals surface area contributed by atoms with Gasteiger partial charge in [-0.3, -0.25) is 14.5 Å². The second-order valence-electron chi connectivity index (χ2n) is 6.40. The summed E-state index contributed by atoms with van der Waals surface area (Å²) >= 11 is 1.18. The molecule has 0 spiro atoms. The van der Waals surface area contributed by atoms with E-state index in [2.05, 4.69) is 15.5 Å². The SMILES string of the molecule is O=C1N[C@@H](C(=O)NCC2(N3CCOCC3)CCCCC2)CS1. The van der Waals surface area contributed by atoms with E-state index in [1.165, 1.54) is 31.0 Å². The lowest BCUT2D eigenvalue weighted by Crippen LogP contribution is -2.60. The fraction of sp³-hybridized carbons (Fsp3) is 0.867. The highest BCUT2D eigenvalue weighted by Gasteiger charge is 2.39. The molecule has 3 fully saturated rings. The standard InChI is InChI=1S/C15H25N3O3S/c19-13(12-10-22-14(20)17-12)16-11-15(4-2-1-3-5-15)18-6-8-21-9-7-18/h12H,1-11H2,(H,16,19)(H,17,20)/t12-/m1/s1. The van der Waals surface area contributed by atoms with Gasteiger partial charge >= 0.3 is 0 Å². The fourth-order valence-electron chi connectivity index (χ4n) is 3.75. The van der Waals surface area contributed by atoms with Gasteiger partial charge in [-0.1, -0.05) is 31.0 Å². The number of amides is 2. The van der Waals surface area contributed by atoms with Gasteiger partial charge in [-0.05, 0) is 12.8 Å². The highest BCUT2D eigenvalue weighted by molar-refractivity contribution is 8.14. The predicted octanol–water partition coefficient (Wildman–Crippen LogP) is 0.963. The minimum Gasteiger partial charge on any atom is -0.379 e. The van der Waals surface area contributed by atoms with E-state index >= 15 is 0 Å². The topological polar surface area (TPSA) is 70.7 Å². The Bertz CT molecular complexity index is 420. The number of carbonyl (C=O) groups is 2. The number of ether oxygens (including phenoxy) is 1.